The molecular formula is C12H20N2O2S2. The van der Waals surface area contributed by atoms with E-state index in [1.54, 1.807) is 11.3 Å². The normalized spacial score (nSPS) is 25.2. The van der Waals surface area contributed by atoms with Crippen LogP contribution in [0.1, 0.15) is 18.2 Å². The van der Waals surface area contributed by atoms with Gasteiger partial charge in [0.05, 0.1) is 5.75 Å². The molecule has 0 saturated carbocycles. The molecule has 0 aromatic carbocycles. The summed E-state index contributed by atoms with van der Waals surface area (Å²) in [6, 6.07) is 4.02. The molecule has 2 heterocycles. The van der Waals surface area contributed by atoms with Crippen LogP contribution in [0.15, 0.2) is 17.5 Å². The highest BCUT2D eigenvalue weighted by molar-refractivity contribution is 7.89. The van der Waals surface area contributed by atoms with Crippen LogP contribution in [0.2, 0.25) is 0 Å². The van der Waals surface area contributed by atoms with E-state index >= 15 is 0 Å². The van der Waals surface area contributed by atoms with E-state index in [0.29, 0.717) is 12.3 Å². The maximum absolute atomic E-state index is 12.0. The first-order valence-electron chi connectivity index (χ1n) is 6.30. The maximum Gasteiger partial charge on any atom is 0.212 e. The van der Waals surface area contributed by atoms with Gasteiger partial charge in [0.2, 0.25) is 10.0 Å². The zero-order valence-electron chi connectivity index (χ0n) is 10.6. The summed E-state index contributed by atoms with van der Waals surface area (Å²) in [5.74, 6) is 0.541. The average molecular weight is 288 g/mol. The lowest BCUT2D eigenvalue weighted by Gasteiger charge is -2.29. The van der Waals surface area contributed by atoms with Gasteiger partial charge in [-0.05, 0) is 43.3 Å². The van der Waals surface area contributed by atoms with E-state index in [9.17, 15) is 8.42 Å². The first-order chi connectivity index (χ1) is 8.57. The molecule has 6 heteroatoms. The highest BCUT2D eigenvalue weighted by Crippen LogP contribution is 2.13. The summed E-state index contributed by atoms with van der Waals surface area (Å²) in [7, 11) is -3.16. The lowest BCUT2D eigenvalue weighted by Crippen LogP contribution is -2.48. The summed E-state index contributed by atoms with van der Waals surface area (Å²) in [6.07, 6.45) is 1.48. The molecule has 2 atom stereocenters. The number of thiophene rings is 1. The van der Waals surface area contributed by atoms with Crippen LogP contribution >= 0.6 is 11.3 Å². The second-order valence-electron chi connectivity index (χ2n) is 4.84. The number of aryl methyl sites for hydroxylation is 1. The summed E-state index contributed by atoms with van der Waals surface area (Å²) in [5.41, 5.74) is 0. The van der Waals surface area contributed by atoms with Crippen LogP contribution in [0, 0.1) is 5.92 Å². The fraction of sp³-hybridized carbons (Fsp3) is 0.667. The van der Waals surface area contributed by atoms with Gasteiger partial charge in [0, 0.05) is 10.9 Å². The molecule has 18 heavy (non-hydrogen) atoms. The number of rotatable bonds is 5. The number of piperidine rings is 1. The Hall–Kier alpha value is -0.430. The third-order valence-corrected chi connectivity index (χ3v) is 5.65. The van der Waals surface area contributed by atoms with Gasteiger partial charge in [-0.25, -0.2) is 13.1 Å². The molecule has 1 aliphatic heterocycles. The Labute approximate surface area is 113 Å². The van der Waals surface area contributed by atoms with E-state index in [1.807, 2.05) is 17.5 Å². The van der Waals surface area contributed by atoms with Crippen LogP contribution in [0.5, 0.6) is 0 Å². The van der Waals surface area contributed by atoms with E-state index in [-0.39, 0.29) is 11.8 Å². The van der Waals surface area contributed by atoms with Crippen molar-refractivity contribution in [3.63, 3.8) is 0 Å². The molecule has 2 rings (SSSR count). The van der Waals surface area contributed by atoms with Crippen LogP contribution in [0.25, 0.3) is 0 Å². The molecule has 1 saturated heterocycles. The second-order valence-corrected chi connectivity index (χ2v) is 7.75. The van der Waals surface area contributed by atoms with Crippen molar-refractivity contribution in [3.05, 3.63) is 22.4 Å². The van der Waals surface area contributed by atoms with Gasteiger partial charge in [-0.1, -0.05) is 13.0 Å². The molecule has 1 aliphatic rings. The quantitative estimate of drug-likeness (QED) is 0.856. The summed E-state index contributed by atoms with van der Waals surface area (Å²) in [6.45, 7) is 3.86. The summed E-state index contributed by atoms with van der Waals surface area (Å²) in [4.78, 5) is 1.12. The largest absolute Gasteiger partial charge is 0.316 e. The molecule has 4 nitrogen and oxygen atoms in total. The summed E-state index contributed by atoms with van der Waals surface area (Å²) in [5, 5.41) is 5.25. The molecule has 2 N–H and O–H groups in total. The van der Waals surface area contributed by atoms with Crippen LogP contribution in [-0.2, 0) is 16.4 Å². The van der Waals surface area contributed by atoms with Crippen LogP contribution < -0.4 is 10.0 Å². The molecule has 1 aromatic rings. The molecule has 2 unspecified atom stereocenters. The third-order valence-electron chi connectivity index (χ3n) is 3.31. The van der Waals surface area contributed by atoms with Crippen LogP contribution in [0.4, 0.5) is 0 Å². The Balaban J connectivity index is 1.86. The predicted molar refractivity (Wildman–Crippen MR) is 75.4 cm³/mol. The van der Waals surface area contributed by atoms with E-state index in [2.05, 4.69) is 17.0 Å². The maximum atomic E-state index is 12.0. The van der Waals surface area contributed by atoms with Crippen molar-refractivity contribution in [2.24, 2.45) is 5.92 Å². The fourth-order valence-electron chi connectivity index (χ4n) is 2.17. The van der Waals surface area contributed by atoms with Crippen molar-refractivity contribution < 1.29 is 8.42 Å². The minimum absolute atomic E-state index is 0.0829. The highest BCUT2D eigenvalue weighted by atomic mass is 32.2. The lowest BCUT2D eigenvalue weighted by atomic mass is 9.97. The van der Waals surface area contributed by atoms with Gasteiger partial charge in [-0.2, -0.15) is 0 Å². The van der Waals surface area contributed by atoms with Crippen LogP contribution in [-0.4, -0.2) is 33.3 Å². The predicted octanol–water partition coefficient (Wildman–Crippen LogP) is 1.21. The van der Waals surface area contributed by atoms with Gasteiger partial charge in [0.25, 0.3) is 0 Å². The Kier molecular flexibility index (Phi) is 4.77. The van der Waals surface area contributed by atoms with Crippen molar-refractivity contribution in [2.75, 3.05) is 18.8 Å². The Bertz CT molecular complexity index is 456. The SMILES string of the molecule is CC1CNCCC1NS(=O)(=O)CCc1cccs1. The molecule has 102 valence electrons. The molecule has 1 fully saturated rings. The van der Waals surface area contributed by atoms with Gasteiger partial charge in [-0.15, -0.1) is 11.3 Å². The van der Waals surface area contributed by atoms with Gasteiger partial charge in [0.1, 0.15) is 0 Å². The van der Waals surface area contributed by atoms with Crippen molar-refractivity contribution in [3.8, 4) is 0 Å². The molecule has 1 aromatic heterocycles. The fourth-order valence-corrected chi connectivity index (χ4v) is 4.42. The van der Waals surface area contributed by atoms with Crippen molar-refractivity contribution >= 4 is 21.4 Å². The zero-order chi connectivity index (χ0) is 13.0. The van der Waals surface area contributed by atoms with Gasteiger partial charge >= 0.3 is 0 Å². The first kappa shape index (κ1) is 14.0. The number of sulfonamides is 1. The highest BCUT2D eigenvalue weighted by Gasteiger charge is 2.25. The van der Waals surface area contributed by atoms with Gasteiger partial charge in [0.15, 0.2) is 0 Å². The second kappa shape index (κ2) is 6.14. The minimum Gasteiger partial charge on any atom is -0.316 e. The monoisotopic (exact) mass is 288 g/mol. The van der Waals surface area contributed by atoms with E-state index < -0.39 is 10.0 Å². The molecule has 0 bridgehead atoms. The standard InChI is InChI=1S/C12H20N2O2S2/c1-10-9-13-6-4-12(10)14-18(15,16)8-5-11-3-2-7-17-11/h2-3,7,10,12-14H,4-6,8-9H2,1H3. The average Bonchev–Trinajstić information content (AvgIpc) is 2.83. The Morgan fingerprint density at radius 3 is 3.06 bits per heavy atom. The minimum atomic E-state index is -3.16. The molecular weight excluding hydrogens is 268 g/mol. The Morgan fingerprint density at radius 1 is 1.56 bits per heavy atom. The summed E-state index contributed by atoms with van der Waals surface area (Å²) >= 11 is 1.61. The first-order valence-corrected chi connectivity index (χ1v) is 8.83. The molecule has 0 aliphatic carbocycles. The third kappa shape index (κ3) is 4.05. The van der Waals surface area contributed by atoms with Gasteiger partial charge in [-0.3, -0.25) is 0 Å². The van der Waals surface area contributed by atoms with Crippen molar-refractivity contribution in [1.82, 2.24) is 10.0 Å². The Morgan fingerprint density at radius 2 is 2.39 bits per heavy atom. The molecule has 0 radical (unpaired) electrons. The van der Waals surface area contributed by atoms with Gasteiger partial charge < -0.3 is 5.32 Å². The van der Waals surface area contributed by atoms with Crippen molar-refractivity contribution in [1.29, 1.82) is 0 Å². The molecule has 0 spiro atoms. The topological polar surface area (TPSA) is 58.2 Å². The zero-order valence-corrected chi connectivity index (χ0v) is 12.2. The van der Waals surface area contributed by atoms with Crippen molar-refractivity contribution in [2.45, 2.75) is 25.8 Å². The smallest absolute Gasteiger partial charge is 0.212 e. The number of hydrogen-bond acceptors (Lipinski definition) is 4. The van der Waals surface area contributed by atoms with E-state index in [4.69, 9.17) is 0 Å². The summed E-state index contributed by atoms with van der Waals surface area (Å²) < 4.78 is 26.9. The molecule has 0 amide bonds. The van der Waals surface area contributed by atoms with Crippen LogP contribution in [0.3, 0.4) is 0 Å². The number of nitrogens with one attached hydrogen (secondary N) is 2. The number of hydrogen-bond donors (Lipinski definition) is 2. The lowest BCUT2D eigenvalue weighted by molar-refractivity contribution is 0.328. The van der Waals surface area contributed by atoms with E-state index in [1.165, 1.54) is 0 Å². The van der Waals surface area contributed by atoms with E-state index in [0.717, 1.165) is 24.4 Å².